The average Bonchev–Trinajstić information content (AvgIpc) is 2.70. The molecule has 0 amide bonds. The highest BCUT2D eigenvalue weighted by Crippen LogP contribution is 2.16. The van der Waals surface area contributed by atoms with Crippen molar-refractivity contribution in [3.05, 3.63) is 48.8 Å². The molecular weight excluding hydrogens is 176 g/mol. The monoisotopic (exact) mass is 186 g/mol. The fourth-order valence-electron chi connectivity index (χ4n) is 1.26. The molecule has 2 aromatic rings. The predicted octanol–water partition coefficient (Wildman–Crippen LogP) is 1.20. The number of nitrogens with zero attached hydrogens (tertiary/aromatic N) is 3. The number of nitrogens with two attached hydrogens (primary N) is 1. The Hall–Kier alpha value is -2.10. The Morgan fingerprint density at radius 1 is 1.21 bits per heavy atom. The Bertz CT molecular complexity index is 445. The van der Waals surface area contributed by atoms with Gasteiger partial charge >= 0.3 is 0 Å². The largest absolute Gasteiger partial charge is 0.399 e. The van der Waals surface area contributed by atoms with Gasteiger partial charge in [-0.2, -0.15) is 15.0 Å². The molecule has 0 radical (unpaired) electrons. The van der Waals surface area contributed by atoms with Crippen LogP contribution in [0.3, 0.4) is 0 Å². The van der Waals surface area contributed by atoms with Crippen LogP contribution in [-0.2, 0) is 0 Å². The van der Waals surface area contributed by atoms with Gasteiger partial charge in [-0.3, -0.25) is 0 Å². The first-order chi connectivity index (χ1) is 6.79. The minimum absolute atomic E-state index is 0.512. The lowest BCUT2D eigenvalue weighted by Crippen LogP contribution is -2.05. The van der Waals surface area contributed by atoms with Crippen molar-refractivity contribution >= 4 is 5.70 Å². The molecule has 0 bridgehead atoms. The Kier molecular flexibility index (Phi) is 2.02. The molecule has 0 atom stereocenters. The molecule has 2 rings (SSSR count). The van der Waals surface area contributed by atoms with E-state index in [0.29, 0.717) is 5.70 Å². The molecule has 4 nitrogen and oxygen atoms in total. The summed E-state index contributed by atoms with van der Waals surface area (Å²) in [5.74, 6) is 0. The molecule has 1 heterocycles. The minimum Gasteiger partial charge on any atom is -0.399 e. The highest BCUT2D eigenvalue weighted by molar-refractivity contribution is 5.67. The molecule has 0 fully saturated rings. The zero-order valence-corrected chi connectivity index (χ0v) is 7.59. The van der Waals surface area contributed by atoms with Crippen LogP contribution in [0.15, 0.2) is 43.2 Å². The van der Waals surface area contributed by atoms with Crippen molar-refractivity contribution < 1.29 is 0 Å². The van der Waals surface area contributed by atoms with Gasteiger partial charge in [0.25, 0.3) is 0 Å². The fourth-order valence-corrected chi connectivity index (χ4v) is 1.26. The Morgan fingerprint density at radius 3 is 2.50 bits per heavy atom. The van der Waals surface area contributed by atoms with Gasteiger partial charge in [0.2, 0.25) is 0 Å². The molecule has 70 valence electrons. The standard InChI is InChI=1S/C10H10N4/c1-8(11)9-4-2-3-5-10(9)14-12-6-7-13-14/h2-7H,1,11H2. The molecule has 1 aromatic heterocycles. The summed E-state index contributed by atoms with van der Waals surface area (Å²) >= 11 is 0. The maximum atomic E-state index is 5.66. The lowest BCUT2D eigenvalue weighted by atomic mass is 10.1. The van der Waals surface area contributed by atoms with E-state index in [9.17, 15) is 0 Å². The van der Waals surface area contributed by atoms with Crippen molar-refractivity contribution in [3.8, 4) is 5.69 Å². The van der Waals surface area contributed by atoms with Crippen LogP contribution in [0.5, 0.6) is 0 Å². The summed E-state index contributed by atoms with van der Waals surface area (Å²) in [5.41, 5.74) is 7.86. The van der Waals surface area contributed by atoms with Crippen molar-refractivity contribution in [2.24, 2.45) is 5.73 Å². The second kappa shape index (κ2) is 3.33. The van der Waals surface area contributed by atoms with E-state index >= 15 is 0 Å². The summed E-state index contributed by atoms with van der Waals surface area (Å²) in [5, 5.41) is 8.08. The summed E-state index contributed by atoms with van der Waals surface area (Å²) in [7, 11) is 0. The molecule has 0 spiro atoms. The molecule has 14 heavy (non-hydrogen) atoms. The maximum Gasteiger partial charge on any atom is 0.0949 e. The van der Waals surface area contributed by atoms with Crippen LogP contribution >= 0.6 is 0 Å². The van der Waals surface area contributed by atoms with Crippen molar-refractivity contribution in [1.29, 1.82) is 0 Å². The lowest BCUT2D eigenvalue weighted by molar-refractivity contribution is 0.750. The molecule has 0 saturated heterocycles. The molecular formula is C10H10N4. The third kappa shape index (κ3) is 1.37. The van der Waals surface area contributed by atoms with Crippen molar-refractivity contribution in [3.63, 3.8) is 0 Å². The zero-order chi connectivity index (χ0) is 9.97. The fraction of sp³-hybridized carbons (Fsp3) is 0. The summed E-state index contributed by atoms with van der Waals surface area (Å²) in [6.07, 6.45) is 3.24. The van der Waals surface area contributed by atoms with Crippen LogP contribution in [0.1, 0.15) is 5.56 Å². The molecule has 0 unspecified atom stereocenters. The SMILES string of the molecule is C=C(N)c1ccccc1-n1nccn1. The highest BCUT2D eigenvalue weighted by atomic mass is 15.5. The average molecular weight is 186 g/mol. The van der Waals surface area contributed by atoms with E-state index < -0.39 is 0 Å². The molecule has 1 aromatic carbocycles. The van der Waals surface area contributed by atoms with Gasteiger partial charge in [-0.25, -0.2) is 0 Å². The second-order valence-electron chi connectivity index (χ2n) is 2.86. The van der Waals surface area contributed by atoms with E-state index in [-0.39, 0.29) is 0 Å². The third-order valence-corrected chi connectivity index (χ3v) is 1.88. The minimum atomic E-state index is 0.512. The highest BCUT2D eigenvalue weighted by Gasteiger charge is 2.05. The van der Waals surface area contributed by atoms with Gasteiger partial charge in [0.15, 0.2) is 0 Å². The van der Waals surface area contributed by atoms with Gasteiger partial charge < -0.3 is 5.73 Å². The van der Waals surface area contributed by atoms with Crippen molar-refractivity contribution in [2.45, 2.75) is 0 Å². The third-order valence-electron chi connectivity index (χ3n) is 1.88. The van der Waals surface area contributed by atoms with E-state index in [1.165, 1.54) is 4.80 Å². The molecule has 2 N–H and O–H groups in total. The number of hydrogen-bond acceptors (Lipinski definition) is 3. The van der Waals surface area contributed by atoms with Gasteiger partial charge in [-0.1, -0.05) is 24.8 Å². The van der Waals surface area contributed by atoms with Crippen LogP contribution in [0.4, 0.5) is 0 Å². The van der Waals surface area contributed by atoms with E-state index in [4.69, 9.17) is 5.73 Å². The molecule has 4 heteroatoms. The smallest absolute Gasteiger partial charge is 0.0949 e. The predicted molar refractivity (Wildman–Crippen MR) is 54.6 cm³/mol. The van der Waals surface area contributed by atoms with Gasteiger partial charge in [-0.05, 0) is 6.07 Å². The summed E-state index contributed by atoms with van der Waals surface area (Å²) in [4.78, 5) is 1.52. The van der Waals surface area contributed by atoms with Crippen molar-refractivity contribution in [1.82, 2.24) is 15.0 Å². The Morgan fingerprint density at radius 2 is 1.86 bits per heavy atom. The van der Waals surface area contributed by atoms with E-state index in [1.807, 2.05) is 24.3 Å². The Labute approximate surface area is 81.7 Å². The second-order valence-corrected chi connectivity index (χ2v) is 2.86. The first kappa shape index (κ1) is 8.50. The van der Waals surface area contributed by atoms with E-state index in [0.717, 1.165) is 11.3 Å². The van der Waals surface area contributed by atoms with E-state index in [2.05, 4.69) is 16.8 Å². The number of hydrogen-bond donors (Lipinski definition) is 1. The molecule has 0 aliphatic heterocycles. The van der Waals surface area contributed by atoms with Crippen LogP contribution in [0, 0.1) is 0 Å². The summed E-state index contributed by atoms with van der Waals surface area (Å²) < 4.78 is 0. The van der Waals surface area contributed by atoms with Crippen molar-refractivity contribution in [2.75, 3.05) is 0 Å². The van der Waals surface area contributed by atoms with Crippen LogP contribution in [0.2, 0.25) is 0 Å². The number of rotatable bonds is 2. The van der Waals surface area contributed by atoms with Crippen LogP contribution in [-0.4, -0.2) is 15.0 Å². The topological polar surface area (TPSA) is 56.7 Å². The number of benzene rings is 1. The maximum absolute atomic E-state index is 5.66. The van der Waals surface area contributed by atoms with Gasteiger partial charge in [0.05, 0.1) is 18.1 Å². The first-order valence-electron chi connectivity index (χ1n) is 4.19. The number of aromatic nitrogens is 3. The molecule has 0 saturated carbocycles. The normalized spacial score (nSPS) is 10.0. The quantitative estimate of drug-likeness (QED) is 0.766. The zero-order valence-electron chi connectivity index (χ0n) is 7.59. The van der Waals surface area contributed by atoms with Gasteiger partial charge in [0, 0.05) is 11.3 Å². The molecule has 0 aliphatic rings. The number of para-hydroxylation sites is 1. The Balaban J connectivity index is 2.58. The van der Waals surface area contributed by atoms with Gasteiger partial charge in [0.1, 0.15) is 0 Å². The van der Waals surface area contributed by atoms with E-state index in [1.54, 1.807) is 12.4 Å². The summed E-state index contributed by atoms with van der Waals surface area (Å²) in [6.45, 7) is 3.70. The molecule has 0 aliphatic carbocycles. The van der Waals surface area contributed by atoms with Crippen LogP contribution in [0.25, 0.3) is 11.4 Å². The first-order valence-corrected chi connectivity index (χ1v) is 4.19. The lowest BCUT2D eigenvalue weighted by Gasteiger charge is -2.06. The summed E-state index contributed by atoms with van der Waals surface area (Å²) in [6, 6.07) is 7.60. The van der Waals surface area contributed by atoms with Crippen LogP contribution < -0.4 is 5.73 Å². The van der Waals surface area contributed by atoms with Gasteiger partial charge in [-0.15, -0.1) is 0 Å².